The smallest absolute Gasteiger partial charge is 0.157 e. The number of rotatable bonds is 4. The van der Waals surface area contributed by atoms with Crippen molar-refractivity contribution >= 4 is 17.3 Å². The van der Waals surface area contributed by atoms with Gasteiger partial charge in [-0.25, -0.2) is 9.97 Å². The zero-order chi connectivity index (χ0) is 16.2. The number of nitrogens with zero attached hydrogens (tertiary/aromatic N) is 4. The summed E-state index contributed by atoms with van der Waals surface area (Å²) in [6.45, 7) is 2.01. The summed E-state index contributed by atoms with van der Waals surface area (Å²) in [4.78, 5) is 12.9. The second-order valence-corrected chi connectivity index (χ2v) is 6.45. The van der Waals surface area contributed by atoms with Crippen LogP contribution in [0.2, 0.25) is 0 Å². The fourth-order valence-electron chi connectivity index (χ4n) is 3.28. The van der Waals surface area contributed by atoms with Gasteiger partial charge in [0.15, 0.2) is 11.6 Å². The number of nitrogens with two attached hydrogens (primary N) is 1. The maximum absolute atomic E-state index is 6.26. The third kappa shape index (κ3) is 3.55. The predicted molar refractivity (Wildman–Crippen MR) is 95.9 cm³/mol. The van der Waals surface area contributed by atoms with E-state index in [0.29, 0.717) is 5.69 Å². The highest BCUT2D eigenvalue weighted by Gasteiger charge is 2.23. The predicted octanol–water partition coefficient (Wildman–Crippen LogP) is 2.58. The lowest BCUT2D eigenvalue weighted by Gasteiger charge is -2.34. The molecule has 0 amide bonds. The minimum atomic E-state index is 0.680. The fourth-order valence-corrected chi connectivity index (χ4v) is 3.28. The molecule has 5 heteroatoms. The molecule has 0 spiro atoms. The van der Waals surface area contributed by atoms with Gasteiger partial charge in [0.05, 0.1) is 0 Å². The third-order valence-corrected chi connectivity index (χ3v) is 4.55. The van der Waals surface area contributed by atoms with Gasteiger partial charge in [-0.1, -0.05) is 30.3 Å². The van der Waals surface area contributed by atoms with Crippen molar-refractivity contribution in [1.82, 2.24) is 9.97 Å². The van der Waals surface area contributed by atoms with Gasteiger partial charge in [0, 0.05) is 27.2 Å². The van der Waals surface area contributed by atoms with E-state index in [9.17, 15) is 0 Å². The van der Waals surface area contributed by atoms with Crippen molar-refractivity contribution in [2.45, 2.75) is 19.3 Å². The number of hydrogen-bond donors (Lipinski definition) is 1. The molecule has 2 aromatic rings. The van der Waals surface area contributed by atoms with Gasteiger partial charge in [-0.05, 0) is 30.7 Å². The highest BCUT2D eigenvalue weighted by Crippen LogP contribution is 2.31. The van der Waals surface area contributed by atoms with Crippen LogP contribution in [-0.2, 0) is 6.42 Å². The number of anilines is 3. The molecule has 3 rings (SSSR count). The first kappa shape index (κ1) is 15.6. The summed E-state index contributed by atoms with van der Waals surface area (Å²) < 4.78 is 0. The van der Waals surface area contributed by atoms with Crippen molar-refractivity contribution in [2.24, 2.45) is 5.92 Å². The van der Waals surface area contributed by atoms with Gasteiger partial charge in [0.2, 0.25) is 0 Å². The second-order valence-electron chi connectivity index (χ2n) is 6.45. The lowest BCUT2D eigenvalue weighted by molar-refractivity contribution is 0.402. The first-order chi connectivity index (χ1) is 11.1. The molecule has 0 unspecified atom stereocenters. The molecule has 1 saturated heterocycles. The van der Waals surface area contributed by atoms with Crippen LogP contribution >= 0.6 is 0 Å². The topological polar surface area (TPSA) is 58.3 Å². The quantitative estimate of drug-likeness (QED) is 0.940. The van der Waals surface area contributed by atoms with E-state index in [2.05, 4.69) is 45.2 Å². The number of benzene rings is 1. The summed E-state index contributed by atoms with van der Waals surface area (Å²) in [6.07, 6.45) is 5.12. The van der Waals surface area contributed by atoms with Crippen LogP contribution < -0.4 is 15.5 Å². The SMILES string of the molecule is CN(C)c1ncnc(N2CCC(Cc3ccccc3)CC2)c1N. The summed E-state index contributed by atoms with van der Waals surface area (Å²) in [5, 5.41) is 0. The van der Waals surface area contributed by atoms with E-state index in [1.54, 1.807) is 6.33 Å². The molecule has 23 heavy (non-hydrogen) atoms. The summed E-state index contributed by atoms with van der Waals surface area (Å²) in [6, 6.07) is 10.8. The molecule has 0 atom stereocenters. The molecule has 1 aromatic carbocycles. The van der Waals surface area contributed by atoms with Crippen LogP contribution in [0.5, 0.6) is 0 Å². The van der Waals surface area contributed by atoms with Crippen LogP contribution in [0.3, 0.4) is 0 Å². The number of nitrogen functional groups attached to an aromatic ring is 1. The molecular formula is C18H25N5. The molecule has 2 N–H and O–H groups in total. The minimum Gasteiger partial charge on any atom is -0.393 e. The Hall–Kier alpha value is -2.30. The van der Waals surface area contributed by atoms with Crippen molar-refractivity contribution in [1.29, 1.82) is 0 Å². The van der Waals surface area contributed by atoms with Crippen LogP contribution in [0.25, 0.3) is 0 Å². The zero-order valence-corrected chi connectivity index (χ0v) is 13.9. The Labute approximate surface area is 138 Å². The average molecular weight is 311 g/mol. The normalized spacial score (nSPS) is 15.7. The number of piperidine rings is 1. The van der Waals surface area contributed by atoms with Crippen molar-refractivity contribution in [3.63, 3.8) is 0 Å². The van der Waals surface area contributed by atoms with E-state index < -0.39 is 0 Å². The average Bonchev–Trinajstić information content (AvgIpc) is 2.57. The largest absolute Gasteiger partial charge is 0.393 e. The lowest BCUT2D eigenvalue weighted by atomic mass is 9.90. The van der Waals surface area contributed by atoms with E-state index in [-0.39, 0.29) is 0 Å². The van der Waals surface area contributed by atoms with Gasteiger partial charge in [0.1, 0.15) is 12.0 Å². The zero-order valence-electron chi connectivity index (χ0n) is 13.9. The van der Waals surface area contributed by atoms with Gasteiger partial charge >= 0.3 is 0 Å². The molecule has 0 bridgehead atoms. The van der Waals surface area contributed by atoms with E-state index in [0.717, 1.165) is 37.1 Å². The van der Waals surface area contributed by atoms with E-state index in [1.807, 2.05) is 19.0 Å². The van der Waals surface area contributed by atoms with Gasteiger partial charge in [-0.3, -0.25) is 0 Å². The van der Waals surface area contributed by atoms with E-state index in [4.69, 9.17) is 5.73 Å². The molecular weight excluding hydrogens is 286 g/mol. The molecule has 5 nitrogen and oxygen atoms in total. The molecule has 1 fully saturated rings. The standard InChI is InChI=1S/C18H25N5/c1-22(2)17-16(19)18(21-13-20-17)23-10-8-15(9-11-23)12-14-6-4-3-5-7-14/h3-7,13,15H,8-12,19H2,1-2H3. The van der Waals surface area contributed by atoms with Gasteiger partial charge < -0.3 is 15.5 Å². The summed E-state index contributed by atoms with van der Waals surface area (Å²) in [5.41, 5.74) is 8.38. The minimum absolute atomic E-state index is 0.680. The monoisotopic (exact) mass is 311 g/mol. The Kier molecular flexibility index (Phi) is 4.65. The Morgan fingerprint density at radius 1 is 1.13 bits per heavy atom. The first-order valence-electron chi connectivity index (χ1n) is 8.22. The van der Waals surface area contributed by atoms with Crippen LogP contribution in [0.4, 0.5) is 17.3 Å². The van der Waals surface area contributed by atoms with Crippen LogP contribution in [0, 0.1) is 5.92 Å². The Balaban J connectivity index is 1.64. The molecule has 2 heterocycles. The summed E-state index contributed by atoms with van der Waals surface area (Å²) in [7, 11) is 3.91. The van der Waals surface area contributed by atoms with Crippen LogP contribution in [0.15, 0.2) is 36.7 Å². The van der Waals surface area contributed by atoms with Gasteiger partial charge in [0.25, 0.3) is 0 Å². The third-order valence-electron chi connectivity index (χ3n) is 4.55. The fraction of sp³-hybridized carbons (Fsp3) is 0.444. The highest BCUT2D eigenvalue weighted by atomic mass is 15.2. The summed E-state index contributed by atoms with van der Waals surface area (Å²) >= 11 is 0. The molecule has 0 aliphatic carbocycles. The van der Waals surface area contributed by atoms with Crippen molar-refractivity contribution in [3.8, 4) is 0 Å². The molecule has 1 aromatic heterocycles. The highest BCUT2D eigenvalue weighted by molar-refractivity contribution is 5.75. The van der Waals surface area contributed by atoms with Gasteiger partial charge in [-0.15, -0.1) is 0 Å². The molecule has 1 aliphatic rings. The van der Waals surface area contributed by atoms with Crippen LogP contribution in [0.1, 0.15) is 18.4 Å². The van der Waals surface area contributed by atoms with Crippen LogP contribution in [-0.4, -0.2) is 37.2 Å². The Morgan fingerprint density at radius 2 is 1.83 bits per heavy atom. The molecule has 0 saturated carbocycles. The van der Waals surface area contributed by atoms with E-state index in [1.165, 1.54) is 18.4 Å². The first-order valence-corrected chi connectivity index (χ1v) is 8.22. The molecule has 1 aliphatic heterocycles. The lowest BCUT2D eigenvalue weighted by Crippen LogP contribution is -2.35. The Bertz CT molecular complexity index is 633. The maximum atomic E-state index is 6.26. The molecule has 0 radical (unpaired) electrons. The second kappa shape index (κ2) is 6.86. The Morgan fingerprint density at radius 3 is 2.48 bits per heavy atom. The number of aromatic nitrogens is 2. The molecule has 122 valence electrons. The van der Waals surface area contributed by atoms with E-state index >= 15 is 0 Å². The number of hydrogen-bond acceptors (Lipinski definition) is 5. The van der Waals surface area contributed by atoms with Crippen molar-refractivity contribution in [3.05, 3.63) is 42.2 Å². The maximum Gasteiger partial charge on any atom is 0.157 e. The van der Waals surface area contributed by atoms with Gasteiger partial charge in [-0.2, -0.15) is 0 Å². The summed E-state index contributed by atoms with van der Waals surface area (Å²) in [5.74, 6) is 2.41. The van der Waals surface area contributed by atoms with Crippen molar-refractivity contribution in [2.75, 3.05) is 42.7 Å². The van der Waals surface area contributed by atoms with Crippen molar-refractivity contribution < 1.29 is 0 Å².